The van der Waals surface area contributed by atoms with Crippen LogP contribution in [0.1, 0.15) is 155 Å². The zero-order chi connectivity index (χ0) is 43.6. The number of carbonyl (C=O) groups is 2. The molecule has 6 unspecified atom stereocenters. The molecule has 0 aliphatic heterocycles. The largest absolute Gasteiger partial charge is 0.472 e. The highest BCUT2D eigenvalue weighted by atomic mass is 31.2. The van der Waals surface area contributed by atoms with Gasteiger partial charge in [-0.25, -0.2) is 4.57 Å². The smallest absolute Gasteiger partial charge is 0.462 e. The fraction of sp³-hybridized carbons (Fsp3) is 0.733. The van der Waals surface area contributed by atoms with Gasteiger partial charge in [0.1, 0.15) is 43.2 Å². The first-order chi connectivity index (χ1) is 28.4. The van der Waals surface area contributed by atoms with Crippen molar-refractivity contribution in [3.8, 4) is 0 Å². The maximum atomic E-state index is 12.8. The molecule has 0 aromatic carbocycles. The first-order valence-electron chi connectivity index (χ1n) is 22.1. The molecular formula is C45H77O13P. The van der Waals surface area contributed by atoms with Gasteiger partial charge in [0.05, 0.1) is 6.61 Å². The highest BCUT2D eigenvalue weighted by Crippen LogP contribution is 2.47. The number of esters is 2. The zero-order valence-corrected chi connectivity index (χ0v) is 36.7. The van der Waals surface area contributed by atoms with Gasteiger partial charge in [0.2, 0.25) is 0 Å². The second-order valence-electron chi connectivity index (χ2n) is 15.2. The molecule has 340 valence electrons. The minimum Gasteiger partial charge on any atom is -0.462 e. The molecule has 1 rings (SSSR count). The van der Waals surface area contributed by atoms with E-state index in [4.69, 9.17) is 18.5 Å². The number of rotatable bonds is 35. The number of hydrogen-bond donors (Lipinski definition) is 6. The van der Waals surface area contributed by atoms with Gasteiger partial charge in [-0.1, -0.05) is 132 Å². The van der Waals surface area contributed by atoms with Crippen molar-refractivity contribution in [2.24, 2.45) is 0 Å². The lowest BCUT2D eigenvalue weighted by atomic mass is 9.85. The molecule has 1 saturated carbocycles. The lowest BCUT2D eigenvalue weighted by Gasteiger charge is -2.41. The summed E-state index contributed by atoms with van der Waals surface area (Å²) in [5, 5.41) is 50.1. The summed E-state index contributed by atoms with van der Waals surface area (Å²) in [7, 11) is -5.13. The van der Waals surface area contributed by atoms with E-state index in [9.17, 15) is 44.6 Å². The Balaban J connectivity index is 2.51. The number of unbranched alkanes of at least 4 members (excludes halogenated alkanes) is 14. The molecular weight excluding hydrogens is 779 g/mol. The Bertz CT molecular complexity index is 1270. The van der Waals surface area contributed by atoms with Crippen molar-refractivity contribution in [3.05, 3.63) is 60.8 Å². The summed E-state index contributed by atoms with van der Waals surface area (Å²) < 4.78 is 33.4. The quantitative estimate of drug-likeness (QED) is 0.0117. The van der Waals surface area contributed by atoms with Gasteiger partial charge >= 0.3 is 19.8 Å². The molecule has 14 heteroatoms. The Morgan fingerprint density at radius 1 is 0.559 bits per heavy atom. The number of ether oxygens (including phenoxy) is 2. The highest BCUT2D eigenvalue weighted by molar-refractivity contribution is 7.47. The summed E-state index contributed by atoms with van der Waals surface area (Å²) in [6.45, 7) is 3.12. The second kappa shape index (κ2) is 35.2. The van der Waals surface area contributed by atoms with E-state index in [1.165, 1.54) is 25.7 Å². The Morgan fingerprint density at radius 3 is 1.58 bits per heavy atom. The summed E-state index contributed by atoms with van der Waals surface area (Å²) in [5.74, 6) is -1.14. The van der Waals surface area contributed by atoms with Gasteiger partial charge in [0, 0.05) is 12.8 Å². The monoisotopic (exact) mass is 857 g/mol. The topological polar surface area (TPSA) is 210 Å². The van der Waals surface area contributed by atoms with Gasteiger partial charge in [-0.05, 0) is 70.6 Å². The number of phosphoric ester groups is 1. The van der Waals surface area contributed by atoms with E-state index in [1.807, 2.05) is 0 Å². The molecule has 8 atom stereocenters. The maximum Gasteiger partial charge on any atom is 0.472 e. The molecule has 13 nitrogen and oxygen atoms in total. The van der Waals surface area contributed by atoms with Crippen LogP contribution in [0.2, 0.25) is 0 Å². The molecule has 6 N–H and O–H groups in total. The molecule has 0 saturated heterocycles. The van der Waals surface area contributed by atoms with Crippen LogP contribution in [0.15, 0.2) is 60.8 Å². The third kappa shape index (κ3) is 27.9. The van der Waals surface area contributed by atoms with Crippen LogP contribution < -0.4 is 0 Å². The molecule has 0 spiro atoms. The SMILES string of the molecule is CC/C=C/C/C=C/C/C=C/CCCCCCCC(=O)OC[C@H](COP(=O)(O)OC1C(O)C(O)C(O)[C@@H](O)C1O)OC(=O)CCCCCCC/C=C/C=C/CCCCCC. The average Bonchev–Trinajstić information content (AvgIpc) is 3.21. The number of aliphatic hydroxyl groups excluding tert-OH is 5. The van der Waals surface area contributed by atoms with Crippen LogP contribution >= 0.6 is 7.82 Å². The number of hydrogen-bond acceptors (Lipinski definition) is 12. The molecule has 0 bridgehead atoms. The van der Waals surface area contributed by atoms with Crippen molar-refractivity contribution in [3.63, 3.8) is 0 Å². The molecule has 0 aromatic heterocycles. The lowest BCUT2D eigenvalue weighted by molar-refractivity contribution is -0.220. The van der Waals surface area contributed by atoms with Crippen LogP contribution in [0.3, 0.4) is 0 Å². The van der Waals surface area contributed by atoms with Crippen LogP contribution in [0.5, 0.6) is 0 Å². The summed E-state index contributed by atoms with van der Waals surface area (Å²) in [5.41, 5.74) is 0. The van der Waals surface area contributed by atoms with Gasteiger partial charge in [-0.2, -0.15) is 0 Å². The summed E-state index contributed by atoms with van der Waals surface area (Å²) in [6.07, 6.45) is 28.5. The third-order valence-electron chi connectivity index (χ3n) is 9.87. The van der Waals surface area contributed by atoms with Crippen molar-refractivity contribution >= 4 is 19.8 Å². The predicted octanol–water partition coefficient (Wildman–Crippen LogP) is 8.16. The third-order valence-corrected chi connectivity index (χ3v) is 10.9. The van der Waals surface area contributed by atoms with E-state index in [-0.39, 0.29) is 12.8 Å². The fourth-order valence-electron chi connectivity index (χ4n) is 6.29. The number of phosphoric acid groups is 1. The van der Waals surface area contributed by atoms with Gasteiger partial charge in [-0.15, -0.1) is 0 Å². The fourth-order valence-corrected chi connectivity index (χ4v) is 7.26. The van der Waals surface area contributed by atoms with Crippen LogP contribution in [0, 0.1) is 0 Å². The normalized spacial score (nSPS) is 22.9. The van der Waals surface area contributed by atoms with Crippen molar-refractivity contribution in [1.29, 1.82) is 0 Å². The molecule has 1 aliphatic rings. The Hall–Kier alpha value is -2.45. The van der Waals surface area contributed by atoms with Crippen molar-refractivity contribution in [2.45, 2.75) is 198 Å². The highest BCUT2D eigenvalue weighted by Gasteiger charge is 2.51. The molecule has 0 aromatic rings. The zero-order valence-electron chi connectivity index (χ0n) is 35.8. The van der Waals surface area contributed by atoms with Crippen molar-refractivity contribution in [1.82, 2.24) is 0 Å². The summed E-state index contributed by atoms with van der Waals surface area (Å²) >= 11 is 0. The Kier molecular flexibility index (Phi) is 32.5. The van der Waals surface area contributed by atoms with Crippen LogP contribution in [-0.2, 0) is 32.7 Å². The summed E-state index contributed by atoms with van der Waals surface area (Å²) in [6, 6.07) is 0. The van der Waals surface area contributed by atoms with Crippen LogP contribution in [0.25, 0.3) is 0 Å². The first-order valence-corrected chi connectivity index (χ1v) is 23.6. The first kappa shape index (κ1) is 54.6. The van der Waals surface area contributed by atoms with Crippen molar-refractivity contribution in [2.75, 3.05) is 13.2 Å². The van der Waals surface area contributed by atoms with Gasteiger partial charge in [0.25, 0.3) is 0 Å². The number of carbonyl (C=O) groups excluding carboxylic acids is 2. The maximum absolute atomic E-state index is 12.8. The standard InChI is InChI=1S/C45H77O13P/c1-3-5-7-9-11-13-15-17-19-21-23-25-27-29-31-33-38(46)55-35-37(36-56-59(53,54)58-45-43(51)41(49)40(48)42(50)44(45)52)57-39(47)34-32-30-28-26-24-22-20-18-16-14-12-10-8-6-4-2/h5,7,11,13-14,16-20,37,40-45,48-52H,3-4,6,8-10,12,15,21-36H2,1-2H3,(H,53,54)/b7-5+,13-11+,16-14+,19-17+,20-18+/t37-,40?,41-,42?,43?,44?,45?/m1/s1. The van der Waals surface area contributed by atoms with Crippen LogP contribution in [0.4, 0.5) is 0 Å². The second-order valence-corrected chi connectivity index (χ2v) is 16.6. The lowest BCUT2D eigenvalue weighted by Crippen LogP contribution is -2.64. The van der Waals surface area contributed by atoms with Crippen LogP contribution in [-0.4, -0.2) is 98.3 Å². The Morgan fingerprint density at radius 2 is 1.02 bits per heavy atom. The van der Waals surface area contributed by atoms with E-state index in [1.54, 1.807) is 0 Å². The van der Waals surface area contributed by atoms with E-state index in [2.05, 4.69) is 74.6 Å². The molecule has 1 aliphatic carbocycles. The van der Waals surface area contributed by atoms with Gasteiger partial charge in [0.15, 0.2) is 6.10 Å². The number of aliphatic hydroxyl groups is 5. The van der Waals surface area contributed by atoms with E-state index in [0.29, 0.717) is 12.8 Å². The minimum atomic E-state index is -5.13. The van der Waals surface area contributed by atoms with Crippen molar-refractivity contribution < 1.29 is 63.1 Å². The molecule has 0 radical (unpaired) electrons. The molecule has 59 heavy (non-hydrogen) atoms. The molecule has 0 heterocycles. The number of allylic oxidation sites excluding steroid dienone is 10. The summed E-state index contributed by atoms with van der Waals surface area (Å²) in [4.78, 5) is 35.6. The van der Waals surface area contributed by atoms with E-state index < -0.39 is 75.7 Å². The Labute approximate surface area is 353 Å². The molecule has 1 fully saturated rings. The van der Waals surface area contributed by atoms with E-state index >= 15 is 0 Å². The average molecular weight is 857 g/mol. The van der Waals surface area contributed by atoms with E-state index in [0.717, 1.165) is 89.9 Å². The predicted molar refractivity (Wildman–Crippen MR) is 230 cm³/mol. The van der Waals surface area contributed by atoms with Gasteiger partial charge in [-0.3, -0.25) is 18.6 Å². The molecule has 0 amide bonds. The minimum absolute atomic E-state index is 0.0724. The van der Waals surface area contributed by atoms with Gasteiger partial charge < -0.3 is 39.9 Å².